The molecule has 0 unspecified atom stereocenters. The predicted octanol–water partition coefficient (Wildman–Crippen LogP) is 4.44. The first-order chi connectivity index (χ1) is 12.0. The molecule has 2 aliphatic rings. The zero-order valence-corrected chi connectivity index (χ0v) is 15.0. The lowest BCUT2D eigenvalue weighted by Gasteiger charge is -2.56. The predicted molar refractivity (Wildman–Crippen MR) is 95.1 cm³/mol. The maximum absolute atomic E-state index is 13.3. The van der Waals surface area contributed by atoms with Crippen LogP contribution in [0.1, 0.15) is 42.9 Å². The van der Waals surface area contributed by atoms with Gasteiger partial charge in [0.15, 0.2) is 0 Å². The van der Waals surface area contributed by atoms with Gasteiger partial charge < -0.3 is 0 Å². The van der Waals surface area contributed by atoms with Crippen LogP contribution in [0.15, 0.2) is 53.4 Å². The van der Waals surface area contributed by atoms with Crippen LogP contribution in [-0.2, 0) is 10.0 Å². The number of sulfonamides is 1. The second-order valence-electron chi connectivity index (χ2n) is 7.16. The van der Waals surface area contributed by atoms with Gasteiger partial charge in [-0.2, -0.15) is 4.31 Å². The van der Waals surface area contributed by atoms with E-state index < -0.39 is 10.0 Å². The highest BCUT2D eigenvalue weighted by molar-refractivity contribution is 7.89. The first kappa shape index (κ1) is 16.7. The van der Waals surface area contributed by atoms with Gasteiger partial charge in [0.05, 0.1) is 10.9 Å². The Bertz CT molecular complexity index is 862. The fourth-order valence-corrected chi connectivity index (χ4v) is 6.25. The molecule has 0 amide bonds. The van der Waals surface area contributed by atoms with Gasteiger partial charge in [0.2, 0.25) is 10.0 Å². The van der Waals surface area contributed by atoms with Gasteiger partial charge in [-0.15, -0.1) is 0 Å². The van der Waals surface area contributed by atoms with Gasteiger partial charge in [-0.05, 0) is 55.5 Å². The lowest BCUT2D eigenvalue weighted by Crippen LogP contribution is -2.61. The quantitative estimate of drug-likeness (QED) is 0.812. The Kier molecular flexibility index (Phi) is 4.16. The van der Waals surface area contributed by atoms with Crippen molar-refractivity contribution in [2.75, 3.05) is 0 Å². The zero-order chi connectivity index (χ0) is 17.6. The maximum atomic E-state index is 13.3. The second-order valence-corrected chi connectivity index (χ2v) is 9.00. The summed E-state index contributed by atoms with van der Waals surface area (Å²) in [4.78, 5) is 0.342. The lowest BCUT2D eigenvalue weighted by molar-refractivity contribution is -0.0129. The highest BCUT2D eigenvalue weighted by Crippen LogP contribution is 2.53. The third kappa shape index (κ3) is 2.79. The van der Waals surface area contributed by atoms with Crippen LogP contribution >= 0.6 is 0 Å². The van der Waals surface area contributed by atoms with Crippen LogP contribution in [0.3, 0.4) is 0 Å². The summed E-state index contributed by atoms with van der Waals surface area (Å²) in [6.07, 6.45) is 4.15. The van der Waals surface area contributed by atoms with Gasteiger partial charge in [0.25, 0.3) is 0 Å². The van der Waals surface area contributed by atoms with E-state index in [0.29, 0.717) is 10.8 Å². The number of benzene rings is 2. The Morgan fingerprint density at radius 3 is 2.28 bits per heavy atom. The van der Waals surface area contributed by atoms with E-state index in [4.69, 9.17) is 0 Å². The van der Waals surface area contributed by atoms with Crippen LogP contribution in [-0.4, -0.2) is 18.8 Å². The summed E-state index contributed by atoms with van der Waals surface area (Å²) in [7, 11) is -3.56. The number of halogens is 1. The molecule has 3 nitrogen and oxygen atoms in total. The van der Waals surface area contributed by atoms with Crippen molar-refractivity contribution in [3.05, 3.63) is 65.5 Å². The molecule has 1 saturated carbocycles. The number of aryl methyl sites for hydroxylation is 1. The Hall–Kier alpha value is -1.72. The summed E-state index contributed by atoms with van der Waals surface area (Å²) in [6, 6.07) is 13.2. The second kappa shape index (κ2) is 6.22. The average molecular weight is 359 g/mol. The Morgan fingerprint density at radius 2 is 1.60 bits per heavy atom. The smallest absolute Gasteiger partial charge is 0.207 e. The molecule has 2 aromatic rings. The summed E-state index contributed by atoms with van der Waals surface area (Å²) >= 11 is 0. The summed E-state index contributed by atoms with van der Waals surface area (Å²) in [6.45, 7) is 1.94. The minimum Gasteiger partial charge on any atom is -0.207 e. The molecule has 1 aliphatic carbocycles. The molecule has 0 bridgehead atoms. The van der Waals surface area contributed by atoms with Crippen molar-refractivity contribution >= 4 is 10.0 Å². The first-order valence-corrected chi connectivity index (χ1v) is 10.3. The van der Waals surface area contributed by atoms with Crippen LogP contribution in [0.25, 0.3) is 0 Å². The normalized spacial score (nSPS) is 26.7. The van der Waals surface area contributed by atoms with Crippen LogP contribution in [0.5, 0.6) is 0 Å². The summed E-state index contributed by atoms with van der Waals surface area (Å²) in [5.74, 6) is 0.0376. The Morgan fingerprint density at radius 1 is 0.960 bits per heavy atom. The molecule has 2 aromatic carbocycles. The molecule has 4 rings (SSSR count). The van der Waals surface area contributed by atoms with Crippen molar-refractivity contribution in [3.63, 3.8) is 0 Å². The van der Waals surface area contributed by atoms with E-state index in [0.717, 1.165) is 36.8 Å². The molecule has 132 valence electrons. The highest BCUT2D eigenvalue weighted by Gasteiger charge is 2.55. The number of hydrogen-bond donors (Lipinski definition) is 0. The van der Waals surface area contributed by atoms with E-state index in [2.05, 4.69) is 0 Å². The van der Waals surface area contributed by atoms with E-state index >= 15 is 0 Å². The van der Waals surface area contributed by atoms with E-state index in [1.54, 1.807) is 28.6 Å². The van der Waals surface area contributed by atoms with E-state index in [-0.39, 0.29) is 17.9 Å². The molecular formula is C20H22FNO2S. The Balaban J connectivity index is 1.74. The summed E-state index contributed by atoms with van der Waals surface area (Å²) in [5.41, 5.74) is 1.92. The van der Waals surface area contributed by atoms with Crippen molar-refractivity contribution in [2.45, 2.75) is 49.6 Å². The minimum absolute atomic E-state index is 0.0649. The monoisotopic (exact) mass is 359 g/mol. The molecule has 25 heavy (non-hydrogen) atoms. The molecule has 2 fully saturated rings. The molecule has 0 radical (unpaired) electrons. The van der Waals surface area contributed by atoms with Crippen molar-refractivity contribution in [2.24, 2.45) is 5.92 Å². The van der Waals surface area contributed by atoms with Crippen LogP contribution < -0.4 is 0 Å². The van der Waals surface area contributed by atoms with Crippen LogP contribution in [0.2, 0.25) is 0 Å². The summed E-state index contributed by atoms with van der Waals surface area (Å²) in [5, 5.41) is 0. The third-order valence-corrected chi connectivity index (χ3v) is 7.52. The minimum atomic E-state index is -3.56. The summed E-state index contributed by atoms with van der Waals surface area (Å²) < 4.78 is 41.5. The zero-order valence-electron chi connectivity index (χ0n) is 14.2. The first-order valence-electron chi connectivity index (χ1n) is 8.84. The molecule has 1 saturated heterocycles. The van der Waals surface area contributed by atoms with Gasteiger partial charge in [-0.1, -0.05) is 42.7 Å². The Labute approximate surface area is 148 Å². The number of nitrogens with zero attached hydrogens (tertiary/aromatic N) is 1. The third-order valence-electron chi connectivity index (χ3n) is 5.60. The SMILES string of the molecule is Cc1ccc(S(=O)(=O)N2[C@H](c3ccc(F)cc3)[C@@H]3CCCC[C@@H]32)cc1. The van der Waals surface area contributed by atoms with Gasteiger partial charge in [0.1, 0.15) is 5.82 Å². The van der Waals surface area contributed by atoms with E-state index in [1.165, 1.54) is 12.1 Å². The molecule has 5 heteroatoms. The van der Waals surface area contributed by atoms with Crippen molar-refractivity contribution in [3.8, 4) is 0 Å². The lowest BCUT2D eigenvalue weighted by atomic mass is 9.70. The molecule has 3 atom stereocenters. The number of fused-ring (bicyclic) bond motifs is 1. The molecule has 0 N–H and O–H groups in total. The molecule has 1 aliphatic heterocycles. The highest BCUT2D eigenvalue weighted by atomic mass is 32.2. The largest absolute Gasteiger partial charge is 0.243 e. The molecule has 1 heterocycles. The standard InChI is InChI=1S/C20H22FNO2S/c1-14-6-12-17(13-7-14)25(23,24)22-19-5-3-2-4-18(19)20(22)15-8-10-16(21)11-9-15/h6-13,18-20H,2-5H2,1H3/t18-,19+,20-/m1/s1. The van der Waals surface area contributed by atoms with Gasteiger partial charge in [-0.25, -0.2) is 12.8 Å². The number of rotatable bonds is 3. The van der Waals surface area contributed by atoms with E-state index in [1.807, 2.05) is 19.1 Å². The molecular weight excluding hydrogens is 337 g/mol. The maximum Gasteiger partial charge on any atom is 0.243 e. The van der Waals surface area contributed by atoms with Crippen molar-refractivity contribution in [1.82, 2.24) is 4.31 Å². The molecule has 0 aromatic heterocycles. The van der Waals surface area contributed by atoms with Gasteiger partial charge in [-0.3, -0.25) is 0 Å². The van der Waals surface area contributed by atoms with Gasteiger partial charge in [0, 0.05) is 6.04 Å². The van der Waals surface area contributed by atoms with E-state index in [9.17, 15) is 12.8 Å². The van der Waals surface area contributed by atoms with Crippen molar-refractivity contribution < 1.29 is 12.8 Å². The fourth-order valence-electron chi connectivity index (χ4n) is 4.33. The topological polar surface area (TPSA) is 37.4 Å². The van der Waals surface area contributed by atoms with Crippen LogP contribution in [0.4, 0.5) is 4.39 Å². The van der Waals surface area contributed by atoms with Gasteiger partial charge >= 0.3 is 0 Å². The number of hydrogen-bond acceptors (Lipinski definition) is 2. The average Bonchev–Trinajstić information content (AvgIpc) is 2.58. The van der Waals surface area contributed by atoms with Crippen LogP contribution in [0, 0.1) is 18.7 Å². The fraction of sp³-hybridized carbons (Fsp3) is 0.400. The molecule has 0 spiro atoms. The van der Waals surface area contributed by atoms with Crippen molar-refractivity contribution in [1.29, 1.82) is 0 Å².